The highest BCUT2D eigenvalue weighted by molar-refractivity contribution is 7.32. The summed E-state index contributed by atoms with van der Waals surface area (Å²) in [6.45, 7) is 3.54. The molecule has 13 heteroatoms. The van der Waals surface area contributed by atoms with Crippen molar-refractivity contribution < 1.29 is 28.2 Å². The molecule has 0 spiro atoms. The third-order valence-corrected chi connectivity index (χ3v) is 5.91. The van der Waals surface area contributed by atoms with E-state index in [1.165, 1.54) is 6.33 Å². The van der Waals surface area contributed by atoms with Crippen molar-refractivity contribution in [2.24, 2.45) is 0 Å². The number of hydrogen-bond acceptors (Lipinski definition) is 10. The molecule has 5 heterocycles. The molecule has 12 nitrogen and oxygen atoms in total. The molecule has 28 heavy (non-hydrogen) atoms. The molecular formula is C15H21N6O6P. The topological polar surface area (TPSA) is 147 Å². The second-order valence-corrected chi connectivity index (χ2v) is 7.89. The molecule has 3 aliphatic rings. The summed E-state index contributed by atoms with van der Waals surface area (Å²) in [6, 6.07) is 0. The SMILES string of the molecule is Nc1ncnc2c1ncn2[C@@H]1O[C@@]2(CN3CCOCC3)COC1C2O[PH](=O)O. The van der Waals surface area contributed by atoms with Crippen LogP contribution in [0.25, 0.3) is 11.2 Å². The Morgan fingerprint density at radius 2 is 2.18 bits per heavy atom. The second-order valence-electron chi connectivity index (χ2n) is 7.12. The van der Waals surface area contributed by atoms with Crippen molar-refractivity contribution in [3.63, 3.8) is 0 Å². The van der Waals surface area contributed by atoms with Crippen LogP contribution < -0.4 is 5.73 Å². The van der Waals surface area contributed by atoms with Crippen LogP contribution in [0.4, 0.5) is 5.82 Å². The number of hydrogen-bond donors (Lipinski definition) is 2. The Morgan fingerprint density at radius 3 is 2.96 bits per heavy atom. The van der Waals surface area contributed by atoms with E-state index >= 15 is 0 Å². The summed E-state index contributed by atoms with van der Waals surface area (Å²) in [6.07, 6.45) is 1.05. The van der Waals surface area contributed by atoms with E-state index in [1.54, 1.807) is 10.9 Å². The number of nitrogens with two attached hydrogens (primary N) is 1. The Bertz CT molecular complexity index is 906. The van der Waals surface area contributed by atoms with E-state index in [4.69, 9.17) is 24.5 Å². The first-order chi connectivity index (χ1) is 13.6. The number of aromatic nitrogens is 4. The Kier molecular flexibility index (Phi) is 4.59. The molecule has 3 N–H and O–H groups in total. The molecule has 5 atom stereocenters. The molecule has 2 bridgehead atoms. The number of rotatable bonds is 5. The highest BCUT2D eigenvalue weighted by Gasteiger charge is 2.64. The zero-order valence-corrected chi connectivity index (χ0v) is 15.9. The summed E-state index contributed by atoms with van der Waals surface area (Å²) >= 11 is 0. The standard InChI is InChI=1S/C15H21N6O6P/c16-12-9-13(18-7-17-12)21(8-19-9)14-10-11(27-28(22)23)15(26-14,6-25-10)5-20-1-3-24-4-2-20/h7-8,10-11,14,28H,1-6H2,(H,22,23)(H2,16,17,18)/t10?,11?,14-,15+/m1/s1. The summed E-state index contributed by atoms with van der Waals surface area (Å²) in [5.74, 6) is 0.268. The van der Waals surface area contributed by atoms with E-state index in [9.17, 15) is 9.46 Å². The van der Waals surface area contributed by atoms with E-state index in [2.05, 4.69) is 19.9 Å². The van der Waals surface area contributed by atoms with Gasteiger partial charge in [0.1, 0.15) is 29.7 Å². The van der Waals surface area contributed by atoms with Crippen molar-refractivity contribution in [3.05, 3.63) is 12.7 Å². The first-order valence-corrected chi connectivity index (χ1v) is 10.3. The quantitative estimate of drug-likeness (QED) is 0.593. The molecular weight excluding hydrogens is 391 g/mol. The Balaban J connectivity index is 1.49. The summed E-state index contributed by atoms with van der Waals surface area (Å²) < 4.78 is 36.4. The van der Waals surface area contributed by atoms with E-state index < -0.39 is 32.3 Å². The van der Waals surface area contributed by atoms with Gasteiger partial charge >= 0.3 is 8.25 Å². The van der Waals surface area contributed by atoms with Crippen molar-refractivity contribution in [3.8, 4) is 0 Å². The maximum atomic E-state index is 11.5. The molecule has 0 saturated carbocycles. The monoisotopic (exact) mass is 412 g/mol. The molecule has 0 amide bonds. The lowest BCUT2D eigenvalue weighted by molar-refractivity contribution is -0.181. The number of ether oxygens (including phenoxy) is 3. The number of nitrogens with zero attached hydrogens (tertiary/aromatic N) is 5. The highest BCUT2D eigenvalue weighted by Crippen LogP contribution is 2.49. The smallest absolute Gasteiger partial charge is 0.317 e. The van der Waals surface area contributed by atoms with Crippen LogP contribution in [0.1, 0.15) is 6.23 Å². The van der Waals surface area contributed by atoms with E-state index in [-0.39, 0.29) is 12.4 Å². The van der Waals surface area contributed by atoms with Gasteiger partial charge < -0.3 is 29.4 Å². The molecule has 0 aliphatic carbocycles. The Morgan fingerprint density at radius 1 is 1.36 bits per heavy atom. The molecule has 2 aromatic heterocycles. The molecule has 2 aromatic rings. The third-order valence-electron chi connectivity index (χ3n) is 5.46. The Labute approximate surface area is 160 Å². The van der Waals surface area contributed by atoms with Crippen LogP contribution in [0.5, 0.6) is 0 Å². The fourth-order valence-electron chi connectivity index (χ4n) is 4.21. The minimum atomic E-state index is -3.18. The van der Waals surface area contributed by atoms with Crippen LogP contribution in [0.2, 0.25) is 0 Å². The van der Waals surface area contributed by atoms with Gasteiger partial charge in [-0.25, -0.2) is 15.0 Å². The average molecular weight is 412 g/mol. The molecule has 3 saturated heterocycles. The van der Waals surface area contributed by atoms with Crippen LogP contribution in [0.3, 0.4) is 0 Å². The predicted molar refractivity (Wildman–Crippen MR) is 95.7 cm³/mol. The van der Waals surface area contributed by atoms with E-state index in [0.717, 1.165) is 13.1 Å². The minimum Gasteiger partial charge on any atom is -0.382 e. The van der Waals surface area contributed by atoms with Crippen LogP contribution in [-0.2, 0) is 23.3 Å². The van der Waals surface area contributed by atoms with Gasteiger partial charge in [0.05, 0.1) is 26.1 Å². The van der Waals surface area contributed by atoms with Crippen LogP contribution in [0, 0.1) is 0 Å². The number of nitrogen functional groups attached to an aromatic ring is 1. The summed E-state index contributed by atoms with van der Waals surface area (Å²) in [5.41, 5.74) is 5.97. The van der Waals surface area contributed by atoms with E-state index in [1.807, 2.05) is 0 Å². The zero-order valence-electron chi connectivity index (χ0n) is 14.9. The van der Waals surface area contributed by atoms with Crippen molar-refractivity contribution >= 4 is 25.2 Å². The van der Waals surface area contributed by atoms with Gasteiger partial charge in [0.15, 0.2) is 17.7 Å². The zero-order chi connectivity index (χ0) is 19.3. The second kappa shape index (κ2) is 6.99. The highest BCUT2D eigenvalue weighted by atomic mass is 31.1. The molecule has 0 aromatic carbocycles. The summed E-state index contributed by atoms with van der Waals surface area (Å²) in [4.78, 5) is 24.1. The van der Waals surface area contributed by atoms with Gasteiger partial charge in [-0.15, -0.1) is 0 Å². The van der Waals surface area contributed by atoms with Gasteiger partial charge in [-0.2, -0.15) is 0 Å². The average Bonchev–Trinajstić information content (AvgIpc) is 3.33. The minimum absolute atomic E-state index is 0.268. The van der Waals surface area contributed by atoms with Gasteiger partial charge in [-0.05, 0) is 0 Å². The van der Waals surface area contributed by atoms with Gasteiger partial charge in [-0.3, -0.25) is 14.0 Å². The number of morpholine rings is 1. The summed E-state index contributed by atoms with van der Waals surface area (Å²) in [5, 5.41) is 0. The maximum Gasteiger partial charge on any atom is 0.317 e. The molecule has 0 radical (unpaired) electrons. The Hall–Kier alpha value is -1.66. The molecule has 3 fully saturated rings. The van der Waals surface area contributed by atoms with Gasteiger partial charge in [-0.1, -0.05) is 0 Å². The van der Waals surface area contributed by atoms with Gasteiger partial charge in [0.2, 0.25) is 0 Å². The normalized spacial score (nSPS) is 34.2. The van der Waals surface area contributed by atoms with Crippen molar-refractivity contribution in [1.82, 2.24) is 24.4 Å². The van der Waals surface area contributed by atoms with Crippen LogP contribution in [-0.4, -0.2) is 86.6 Å². The molecule has 5 rings (SSSR count). The number of fused-ring (bicyclic) bond motifs is 3. The fourth-order valence-corrected chi connectivity index (χ4v) is 4.78. The summed E-state index contributed by atoms with van der Waals surface area (Å²) in [7, 11) is -3.18. The predicted octanol–water partition coefficient (Wildman–Crippen LogP) is -0.826. The molecule has 3 aliphatic heterocycles. The molecule has 152 valence electrons. The largest absolute Gasteiger partial charge is 0.382 e. The number of anilines is 1. The fraction of sp³-hybridized carbons (Fsp3) is 0.667. The van der Waals surface area contributed by atoms with Crippen LogP contribution in [0.15, 0.2) is 12.7 Å². The number of imidazole rings is 1. The van der Waals surface area contributed by atoms with Gasteiger partial charge in [0.25, 0.3) is 0 Å². The van der Waals surface area contributed by atoms with Crippen LogP contribution >= 0.6 is 8.25 Å². The maximum absolute atomic E-state index is 11.5. The van der Waals surface area contributed by atoms with Gasteiger partial charge in [0, 0.05) is 19.6 Å². The first-order valence-electron chi connectivity index (χ1n) is 8.99. The lowest BCUT2D eigenvalue weighted by Crippen LogP contribution is -2.53. The lowest BCUT2D eigenvalue weighted by atomic mass is 9.98. The third kappa shape index (κ3) is 2.92. The van der Waals surface area contributed by atoms with Crippen molar-refractivity contribution in [2.45, 2.75) is 24.0 Å². The van der Waals surface area contributed by atoms with Crippen molar-refractivity contribution in [1.29, 1.82) is 0 Å². The first kappa shape index (κ1) is 18.4. The lowest BCUT2D eigenvalue weighted by Gasteiger charge is -2.37. The van der Waals surface area contributed by atoms with E-state index in [0.29, 0.717) is 30.9 Å². The van der Waals surface area contributed by atoms with Crippen molar-refractivity contribution in [2.75, 3.05) is 45.2 Å². The molecule has 3 unspecified atom stereocenters.